The molecule has 0 aliphatic heterocycles. The van der Waals surface area contributed by atoms with Gasteiger partial charge < -0.3 is 5.32 Å². The Balaban J connectivity index is 1.79. The number of halogens is 1. The smallest absolute Gasteiger partial charge is 0.107 e. The van der Waals surface area contributed by atoms with Crippen LogP contribution in [-0.2, 0) is 6.54 Å². The summed E-state index contributed by atoms with van der Waals surface area (Å²) in [4.78, 5) is 4.46. The highest BCUT2D eigenvalue weighted by molar-refractivity contribution is 7.09. The molecular weight excluding hydrogens is 252 g/mol. The molecule has 0 radical (unpaired) electrons. The van der Waals surface area contributed by atoms with Crippen molar-refractivity contribution in [3.63, 3.8) is 0 Å². The Kier molecular flexibility index (Phi) is 4.83. The molecule has 0 aromatic carbocycles. The lowest BCUT2D eigenvalue weighted by Crippen LogP contribution is -2.37. The van der Waals surface area contributed by atoms with Crippen molar-refractivity contribution in [3.8, 4) is 0 Å². The van der Waals surface area contributed by atoms with Gasteiger partial charge >= 0.3 is 0 Å². The SMILES string of the molecule is Cc1csc(CNCC2(CCl)CCCCC2)n1. The summed E-state index contributed by atoms with van der Waals surface area (Å²) in [5.74, 6) is 0.789. The van der Waals surface area contributed by atoms with Crippen molar-refractivity contribution in [2.24, 2.45) is 5.41 Å². The normalized spacial score (nSPS) is 19.4. The molecule has 17 heavy (non-hydrogen) atoms. The lowest BCUT2D eigenvalue weighted by molar-refractivity contribution is 0.212. The number of rotatable bonds is 5. The molecule has 0 amide bonds. The van der Waals surface area contributed by atoms with Gasteiger partial charge in [0.2, 0.25) is 0 Å². The zero-order chi connectivity index (χ0) is 12.1. The molecule has 0 atom stereocenters. The van der Waals surface area contributed by atoms with E-state index in [0.29, 0.717) is 5.41 Å². The number of thiazole rings is 1. The summed E-state index contributed by atoms with van der Waals surface area (Å²) in [6.07, 6.45) is 6.61. The van der Waals surface area contributed by atoms with Gasteiger partial charge in [0.1, 0.15) is 5.01 Å². The summed E-state index contributed by atoms with van der Waals surface area (Å²) >= 11 is 7.91. The molecule has 1 saturated carbocycles. The molecular formula is C13H21ClN2S. The van der Waals surface area contributed by atoms with Gasteiger partial charge in [0, 0.05) is 30.0 Å². The van der Waals surface area contributed by atoms with E-state index in [9.17, 15) is 0 Å². The fourth-order valence-corrected chi connectivity index (χ4v) is 3.68. The molecule has 0 bridgehead atoms. The van der Waals surface area contributed by atoms with E-state index in [1.807, 2.05) is 6.92 Å². The van der Waals surface area contributed by atoms with Gasteiger partial charge in [-0.25, -0.2) is 4.98 Å². The predicted molar refractivity (Wildman–Crippen MR) is 74.8 cm³/mol. The first kappa shape index (κ1) is 13.3. The standard InChI is InChI=1S/C13H21ClN2S/c1-11-8-17-12(16-11)7-15-10-13(9-14)5-3-2-4-6-13/h8,15H,2-7,9-10H2,1H3. The predicted octanol–water partition coefficient (Wildman–Crippen LogP) is 3.73. The Morgan fingerprint density at radius 2 is 2.18 bits per heavy atom. The van der Waals surface area contributed by atoms with Crippen molar-refractivity contribution >= 4 is 22.9 Å². The fourth-order valence-electron chi connectivity index (χ4n) is 2.58. The lowest BCUT2D eigenvalue weighted by atomic mass is 9.75. The largest absolute Gasteiger partial charge is 0.310 e. The van der Waals surface area contributed by atoms with Crippen molar-refractivity contribution in [1.29, 1.82) is 0 Å². The Labute approximate surface area is 113 Å². The van der Waals surface area contributed by atoms with Crippen LogP contribution in [0.25, 0.3) is 0 Å². The topological polar surface area (TPSA) is 24.9 Å². The van der Waals surface area contributed by atoms with E-state index in [-0.39, 0.29) is 0 Å². The van der Waals surface area contributed by atoms with E-state index in [4.69, 9.17) is 11.6 Å². The van der Waals surface area contributed by atoms with Gasteiger partial charge in [-0.2, -0.15) is 0 Å². The van der Waals surface area contributed by atoms with Gasteiger partial charge in [0.25, 0.3) is 0 Å². The van der Waals surface area contributed by atoms with E-state index >= 15 is 0 Å². The highest BCUT2D eigenvalue weighted by Crippen LogP contribution is 2.36. The maximum Gasteiger partial charge on any atom is 0.107 e. The summed E-state index contributed by atoms with van der Waals surface area (Å²) in [5, 5.41) is 6.83. The van der Waals surface area contributed by atoms with E-state index in [1.54, 1.807) is 11.3 Å². The lowest BCUT2D eigenvalue weighted by Gasteiger charge is -2.35. The van der Waals surface area contributed by atoms with Crippen LogP contribution in [0, 0.1) is 12.3 Å². The van der Waals surface area contributed by atoms with E-state index in [2.05, 4.69) is 15.7 Å². The molecule has 1 aromatic heterocycles. The molecule has 1 fully saturated rings. The molecule has 1 aromatic rings. The van der Waals surface area contributed by atoms with Crippen LogP contribution >= 0.6 is 22.9 Å². The zero-order valence-electron chi connectivity index (χ0n) is 10.5. The Morgan fingerprint density at radius 1 is 1.41 bits per heavy atom. The second-order valence-corrected chi connectivity index (χ2v) is 6.39. The van der Waals surface area contributed by atoms with Gasteiger partial charge in [-0.15, -0.1) is 22.9 Å². The molecule has 1 N–H and O–H groups in total. The first-order valence-corrected chi connectivity index (χ1v) is 7.83. The molecule has 2 rings (SSSR count). The third-order valence-electron chi connectivity index (χ3n) is 3.64. The van der Waals surface area contributed by atoms with Crippen LogP contribution in [-0.4, -0.2) is 17.4 Å². The van der Waals surface area contributed by atoms with Crippen molar-refractivity contribution in [2.45, 2.75) is 45.6 Å². The quantitative estimate of drug-likeness (QED) is 0.826. The minimum absolute atomic E-state index is 0.339. The van der Waals surface area contributed by atoms with Crippen LogP contribution in [0.3, 0.4) is 0 Å². The van der Waals surface area contributed by atoms with Gasteiger partial charge in [0.15, 0.2) is 0 Å². The van der Waals surface area contributed by atoms with Crippen LogP contribution in [0.2, 0.25) is 0 Å². The van der Waals surface area contributed by atoms with Crippen molar-refractivity contribution in [1.82, 2.24) is 10.3 Å². The summed E-state index contributed by atoms with van der Waals surface area (Å²) in [7, 11) is 0. The third-order valence-corrected chi connectivity index (χ3v) is 5.17. The number of nitrogens with one attached hydrogen (secondary N) is 1. The number of nitrogens with zero attached hydrogens (tertiary/aromatic N) is 1. The fraction of sp³-hybridized carbons (Fsp3) is 0.769. The summed E-state index contributed by atoms with van der Waals surface area (Å²) in [5.41, 5.74) is 1.46. The minimum Gasteiger partial charge on any atom is -0.310 e. The van der Waals surface area contributed by atoms with Crippen LogP contribution < -0.4 is 5.32 Å². The van der Waals surface area contributed by atoms with Crippen molar-refractivity contribution in [3.05, 3.63) is 16.1 Å². The summed E-state index contributed by atoms with van der Waals surface area (Å²) < 4.78 is 0. The average molecular weight is 273 g/mol. The van der Waals surface area contributed by atoms with Gasteiger partial charge in [-0.3, -0.25) is 0 Å². The second-order valence-electron chi connectivity index (χ2n) is 5.18. The molecule has 1 aliphatic carbocycles. The maximum atomic E-state index is 6.17. The molecule has 1 heterocycles. The van der Waals surface area contributed by atoms with E-state index < -0.39 is 0 Å². The summed E-state index contributed by atoms with van der Waals surface area (Å²) in [6, 6.07) is 0. The zero-order valence-corrected chi connectivity index (χ0v) is 12.0. The van der Waals surface area contributed by atoms with Gasteiger partial charge in [-0.05, 0) is 25.2 Å². The highest BCUT2D eigenvalue weighted by atomic mass is 35.5. The molecule has 4 heteroatoms. The van der Waals surface area contributed by atoms with Crippen molar-refractivity contribution in [2.75, 3.05) is 12.4 Å². The van der Waals surface area contributed by atoms with Gasteiger partial charge in [-0.1, -0.05) is 19.3 Å². The second kappa shape index (κ2) is 6.17. The van der Waals surface area contributed by atoms with Crippen LogP contribution in [0.1, 0.15) is 42.8 Å². The van der Waals surface area contributed by atoms with Crippen LogP contribution in [0.15, 0.2) is 5.38 Å². The first-order chi connectivity index (χ1) is 8.24. The Hall–Kier alpha value is -0.120. The monoisotopic (exact) mass is 272 g/mol. The van der Waals surface area contributed by atoms with Crippen molar-refractivity contribution < 1.29 is 0 Å². The summed E-state index contributed by atoms with van der Waals surface area (Å²) in [6.45, 7) is 3.97. The van der Waals surface area contributed by atoms with Gasteiger partial charge in [0.05, 0.1) is 0 Å². The average Bonchev–Trinajstić information content (AvgIpc) is 2.76. The Morgan fingerprint density at radius 3 is 2.76 bits per heavy atom. The molecule has 96 valence electrons. The first-order valence-electron chi connectivity index (χ1n) is 6.42. The highest BCUT2D eigenvalue weighted by Gasteiger charge is 2.30. The van der Waals surface area contributed by atoms with Crippen LogP contribution in [0.5, 0.6) is 0 Å². The van der Waals surface area contributed by atoms with E-state index in [0.717, 1.165) is 24.7 Å². The number of aryl methyl sites for hydroxylation is 1. The van der Waals surface area contributed by atoms with Crippen LogP contribution in [0.4, 0.5) is 0 Å². The number of hydrogen-bond donors (Lipinski definition) is 1. The molecule has 0 saturated heterocycles. The van der Waals surface area contributed by atoms with E-state index in [1.165, 1.54) is 37.1 Å². The Bertz CT molecular complexity index is 345. The number of hydrogen-bond acceptors (Lipinski definition) is 3. The molecule has 0 spiro atoms. The molecule has 2 nitrogen and oxygen atoms in total. The molecule has 0 unspecified atom stereocenters. The molecule has 1 aliphatic rings. The number of aromatic nitrogens is 1. The minimum atomic E-state index is 0.339. The maximum absolute atomic E-state index is 6.17. The number of alkyl halides is 1. The third kappa shape index (κ3) is 3.67.